The molecule has 0 saturated carbocycles. The second-order valence-electron chi connectivity index (χ2n) is 4.45. The second-order valence-corrected chi connectivity index (χ2v) is 6.29. The van der Waals surface area contributed by atoms with Gasteiger partial charge in [-0.2, -0.15) is 0 Å². The molecule has 0 aliphatic carbocycles. The van der Waals surface area contributed by atoms with Gasteiger partial charge >= 0.3 is 0 Å². The Balaban J connectivity index is 2.78. The molecule has 1 rings (SSSR count). The molecular weight excluding hydrogens is 216 g/mol. The maximum absolute atomic E-state index is 11.6. The van der Waals surface area contributed by atoms with Crippen LogP contribution in [0.2, 0.25) is 0 Å². The van der Waals surface area contributed by atoms with E-state index in [4.69, 9.17) is 5.14 Å². The van der Waals surface area contributed by atoms with E-state index < -0.39 is 15.3 Å². The molecule has 0 bridgehead atoms. The highest BCUT2D eigenvalue weighted by molar-refractivity contribution is 7.89. The number of primary sulfonamides is 1. The highest BCUT2D eigenvalue weighted by atomic mass is 32.2. The summed E-state index contributed by atoms with van der Waals surface area (Å²) in [5.41, 5.74) is 0. The highest BCUT2D eigenvalue weighted by Crippen LogP contribution is 2.22. The van der Waals surface area contributed by atoms with E-state index in [0.717, 1.165) is 0 Å². The SMILES string of the molecule is CC(C)C(C)N1CC(S(N)(=O)=O)CC1=O. The van der Waals surface area contributed by atoms with Crippen molar-refractivity contribution < 1.29 is 13.2 Å². The molecule has 1 aliphatic rings. The minimum atomic E-state index is -3.59. The first kappa shape index (κ1) is 12.4. The van der Waals surface area contributed by atoms with Crippen LogP contribution in [-0.2, 0) is 14.8 Å². The van der Waals surface area contributed by atoms with Gasteiger partial charge in [-0.1, -0.05) is 13.8 Å². The van der Waals surface area contributed by atoms with E-state index in [-0.39, 0.29) is 24.9 Å². The van der Waals surface area contributed by atoms with E-state index in [1.165, 1.54) is 0 Å². The van der Waals surface area contributed by atoms with Crippen LogP contribution in [-0.4, -0.2) is 37.1 Å². The summed E-state index contributed by atoms with van der Waals surface area (Å²) in [4.78, 5) is 13.2. The molecule has 1 heterocycles. The van der Waals surface area contributed by atoms with Crippen LogP contribution < -0.4 is 5.14 Å². The van der Waals surface area contributed by atoms with Gasteiger partial charge in [0.1, 0.15) is 5.25 Å². The van der Waals surface area contributed by atoms with Crippen LogP contribution in [0.15, 0.2) is 0 Å². The molecule has 2 unspecified atom stereocenters. The van der Waals surface area contributed by atoms with E-state index in [9.17, 15) is 13.2 Å². The van der Waals surface area contributed by atoms with Crippen molar-refractivity contribution in [1.29, 1.82) is 0 Å². The maximum Gasteiger partial charge on any atom is 0.224 e. The number of hydrogen-bond acceptors (Lipinski definition) is 3. The molecule has 6 heteroatoms. The summed E-state index contributed by atoms with van der Waals surface area (Å²) >= 11 is 0. The first-order valence-corrected chi connectivity index (χ1v) is 6.65. The second kappa shape index (κ2) is 4.09. The van der Waals surface area contributed by atoms with E-state index in [2.05, 4.69) is 0 Å². The summed E-state index contributed by atoms with van der Waals surface area (Å²) in [5.74, 6) is 0.198. The number of carbonyl (C=O) groups excluding carboxylic acids is 1. The number of amides is 1. The van der Waals surface area contributed by atoms with E-state index in [1.807, 2.05) is 20.8 Å². The number of nitrogens with two attached hydrogens (primary N) is 1. The molecule has 15 heavy (non-hydrogen) atoms. The van der Waals surface area contributed by atoms with Crippen molar-refractivity contribution in [3.63, 3.8) is 0 Å². The lowest BCUT2D eigenvalue weighted by atomic mass is 10.1. The Hall–Kier alpha value is -0.620. The van der Waals surface area contributed by atoms with Crippen molar-refractivity contribution in [2.75, 3.05) is 6.54 Å². The van der Waals surface area contributed by atoms with Crippen molar-refractivity contribution in [3.05, 3.63) is 0 Å². The molecular formula is C9H18N2O3S. The van der Waals surface area contributed by atoms with Crippen LogP contribution in [0, 0.1) is 5.92 Å². The van der Waals surface area contributed by atoms with Gasteiger partial charge < -0.3 is 4.90 Å². The fourth-order valence-corrected chi connectivity index (χ4v) is 2.41. The minimum Gasteiger partial charge on any atom is -0.338 e. The Kier molecular flexibility index (Phi) is 3.40. The van der Waals surface area contributed by atoms with Gasteiger partial charge in [-0.15, -0.1) is 0 Å². The van der Waals surface area contributed by atoms with Crippen molar-refractivity contribution in [3.8, 4) is 0 Å². The predicted molar refractivity (Wildman–Crippen MR) is 57.5 cm³/mol. The fraction of sp³-hybridized carbons (Fsp3) is 0.889. The molecule has 2 N–H and O–H groups in total. The average Bonchev–Trinajstić information content (AvgIpc) is 2.45. The summed E-state index contributed by atoms with van der Waals surface area (Å²) in [6.07, 6.45) is 0.0237. The van der Waals surface area contributed by atoms with Crippen LogP contribution in [0.4, 0.5) is 0 Å². The van der Waals surface area contributed by atoms with Crippen molar-refractivity contribution in [1.82, 2.24) is 4.90 Å². The monoisotopic (exact) mass is 234 g/mol. The number of nitrogens with zero attached hydrogens (tertiary/aromatic N) is 1. The van der Waals surface area contributed by atoms with Crippen LogP contribution in [0.5, 0.6) is 0 Å². The zero-order valence-electron chi connectivity index (χ0n) is 9.30. The largest absolute Gasteiger partial charge is 0.338 e. The average molecular weight is 234 g/mol. The molecule has 5 nitrogen and oxygen atoms in total. The molecule has 0 aromatic rings. The van der Waals surface area contributed by atoms with Crippen molar-refractivity contribution >= 4 is 15.9 Å². The molecule has 88 valence electrons. The van der Waals surface area contributed by atoms with Crippen LogP contribution >= 0.6 is 0 Å². The molecule has 0 aromatic carbocycles. The van der Waals surface area contributed by atoms with E-state index in [0.29, 0.717) is 5.92 Å². The molecule has 1 fully saturated rings. The number of rotatable bonds is 3. The molecule has 1 aliphatic heterocycles. The quantitative estimate of drug-likeness (QED) is 0.741. The van der Waals surface area contributed by atoms with Gasteiger partial charge in [-0.05, 0) is 12.8 Å². The topological polar surface area (TPSA) is 80.5 Å². The number of likely N-dealkylation sites (tertiary alicyclic amines) is 1. The lowest BCUT2D eigenvalue weighted by molar-refractivity contribution is -0.130. The maximum atomic E-state index is 11.6. The normalized spacial score (nSPS) is 25.0. The van der Waals surface area contributed by atoms with Gasteiger partial charge in [0.05, 0.1) is 0 Å². The standard InChI is InChI=1S/C9H18N2O3S/c1-6(2)7(3)11-5-8(4-9(11)12)15(10,13)14/h6-8H,4-5H2,1-3H3,(H2,10,13,14). The Labute approximate surface area is 90.7 Å². The highest BCUT2D eigenvalue weighted by Gasteiger charge is 2.38. The summed E-state index contributed by atoms with van der Waals surface area (Å²) < 4.78 is 22.2. The summed E-state index contributed by atoms with van der Waals surface area (Å²) in [6, 6.07) is 0.0595. The molecule has 2 atom stereocenters. The van der Waals surface area contributed by atoms with Crippen LogP contribution in [0.25, 0.3) is 0 Å². The van der Waals surface area contributed by atoms with Gasteiger partial charge in [0, 0.05) is 19.0 Å². The Morgan fingerprint density at radius 2 is 1.93 bits per heavy atom. The molecule has 0 radical (unpaired) electrons. The zero-order chi connectivity index (χ0) is 11.8. The van der Waals surface area contributed by atoms with Crippen molar-refractivity contribution in [2.24, 2.45) is 11.1 Å². The lowest BCUT2D eigenvalue weighted by Crippen LogP contribution is -2.39. The van der Waals surface area contributed by atoms with Gasteiger partial charge in [-0.25, -0.2) is 13.6 Å². The van der Waals surface area contributed by atoms with Crippen LogP contribution in [0.1, 0.15) is 27.2 Å². The third-order valence-electron chi connectivity index (χ3n) is 3.04. The summed E-state index contributed by atoms with van der Waals surface area (Å²) in [6.45, 7) is 6.16. The van der Waals surface area contributed by atoms with Gasteiger partial charge in [0.2, 0.25) is 15.9 Å². The Morgan fingerprint density at radius 1 is 1.40 bits per heavy atom. The Bertz CT molecular complexity index is 350. The number of sulfonamides is 1. The van der Waals surface area contributed by atoms with Gasteiger partial charge in [0.25, 0.3) is 0 Å². The van der Waals surface area contributed by atoms with Crippen LogP contribution in [0.3, 0.4) is 0 Å². The molecule has 1 amide bonds. The first-order valence-electron chi connectivity index (χ1n) is 5.04. The van der Waals surface area contributed by atoms with Crippen molar-refractivity contribution in [2.45, 2.75) is 38.5 Å². The lowest BCUT2D eigenvalue weighted by Gasteiger charge is -2.27. The van der Waals surface area contributed by atoms with E-state index >= 15 is 0 Å². The smallest absolute Gasteiger partial charge is 0.224 e. The Morgan fingerprint density at radius 3 is 2.27 bits per heavy atom. The van der Waals surface area contributed by atoms with E-state index in [1.54, 1.807) is 4.90 Å². The third-order valence-corrected chi connectivity index (χ3v) is 4.29. The first-order chi connectivity index (χ1) is 6.73. The minimum absolute atomic E-state index is 0.0237. The zero-order valence-corrected chi connectivity index (χ0v) is 10.1. The summed E-state index contributed by atoms with van der Waals surface area (Å²) in [5, 5.41) is 4.30. The fourth-order valence-electron chi connectivity index (χ4n) is 1.67. The third kappa shape index (κ3) is 2.69. The van der Waals surface area contributed by atoms with Gasteiger partial charge in [-0.3, -0.25) is 4.79 Å². The number of hydrogen-bond donors (Lipinski definition) is 1. The predicted octanol–water partition coefficient (Wildman–Crippen LogP) is -0.0797. The molecule has 1 saturated heterocycles. The van der Waals surface area contributed by atoms with Gasteiger partial charge in [0.15, 0.2) is 0 Å². The molecule has 0 spiro atoms. The summed E-state index contributed by atoms with van der Waals surface area (Å²) in [7, 11) is -3.59. The molecule has 0 aromatic heterocycles. The number of carbonyl (C=O) groups is 1.